The third kappa shape index (κ3) is 8.55. The van der Waals surface area contributed by atoms with Gasteiger partial charge in [-0.25, -0.2) is 0 Å². The fourth-order valence-corrected chi connectivity index (χ4v) is 1.24. The van der Waals surface area contributed by atoms with Crippen molar-refractivity contribution >= 4 is 0 Å². The predicted octanol–water partition coefficient (Wildman–Crippen LogP) is 1.42. The molecule has 0 heterocycles. The topological polar surface area (TPSA) is 50.7 Å². The van der Waals surface area contributed by atoms with Crippen LogP contribution in [0.25, 0.3) is 0 Å². The van der Waals surface area contributed by atoms with E-state index < -0.39 is 6.10 Å². The van der Waals surface area contributed by atoms with Crippen LogP contribution in [0.3, 0.4) is 0 Å². The Kier molecular flexibility index (Phi) is 7.96. The fraction of sp³-hybridized carbons (Fsp3) is 1.00. The Morgan fingerprint density at radius 2 is 1.76 bits per heavy atom. The first kappa shape index (κ1) is 16.8. The smallest absolute Gasteiger partial charge is 0.0897 e. The molecule has 0 aromatic carbocycles. The maximum absolute atomic E-state index is 9.75. The standard InChI is InChI=1S/C13H29NO3/c1-10(8-16-6)17-9-12(15)7-14-11(2)13(3,4)5/h10-12,14-15H,7-9H2,1-6H3. The van der Waals surface area contributed by atoms with Gasteiger partial charge in [-0.1, -0.05) is 20.8 Å². The Hall–Kier alpha value is -0.160. The van der Waals surface area contributed by atoms with Gasteiger partial charge in [-0.05, 0) is 19.3 Å². The Morgan fingerprint density at radius 3 is 2.24 bits per heavy atom. The second-order valence-corrected chi connectivity index (χ2v) is 5.75. The molecule has 0 aromatic rings. The van der Waals surface area contributed by atoms with E-state index in [1.807, 2.05) is 6.92 Å². The van der Waals surface area contributed by atoms with Crippen LogP contribution in [0.1, 0.15) is 34.6 Å². The minimum atomic E-state index is -0.473. The summed E-state index contributed by atoms with van der Waals surface area (Å²) in [5, 5.41) is 13.1. The van der Waals surface area contributed by atoms with Gasteiger partial charge in [-0.3, -0.25) is 0 Å². The zero-order valence-corrected chi connectivity index (χ0v) is 12.1. The van der Waals surface area contributed by atoms with Crippen LogP contribution in [0.4, 0.5) is 0 Å². The van der Waals surface area contributed by atoms with E-state index in [0.29, 0.717) is 25.8 Å². The van der Waals surface area contributed by atoms with E-state index in [1.165, 1.54) is 0 Å². The third-order valence-electron chi connectivity index (χ3n) is 2.93. The highest BCUT2D eigenvalue weighted by Gasteiger charge is 2.20. The van der Waals surface area contributed by atoms with Crippen molar-refractivity contribution in [2.24, 2.45) is 5.41 Å². The number of hydrogen-bond acceptors (Lipinski definition) is 4. The Bertz CT molecular complexity index is 192. The average Bonchev–Trinajstić information content (AvgIpc) is 2.22. The maximum Gasteiger partial charge on any atom is 0.0897 e. The summed E-state index contributed by atoms with van der Waals surface area (Å²) in [5.41, 5.74) is 0.198. The normalized spacial score (nSPS) is 17.8. The van der Waals surface area contributed by atoms with Gasteiger partial charge in [0.25, 0.3) is 0 Å². The van der Waals surface area contributed by atoms with Crippen LogP contribution in [-0.4, -0.2) is 50.2 Å². The molecule has 0 aliphatic carbocycles. The molecule has 3 atom stereocenters. The largest absolute Gasteiger partial charge is 0.389 e. The van der Waals surface area contributed by atoms with E-state index in [9.17, 15) is 5.11 Å². The molecule has 4 heteroatoms. The summed E-state index contributed by atoms with van der Waals surface area (Å²) in [6, 6.07) is 0.355. The maximum atomic E-state index is 9.75. The molecule has 0 radical (unpaired) electrons. The lowest BCUT2D eigenvalue weighted by molar-refractivity contribution is -0.0321. The second kappa shape index (κ2) is 8.03. The minimum absolute atomic E-state index is 0.0229. The molecule has 0 bridgehead atoms. The Labute approximate surface area is 106 Å². The van der Waals surface area contributed by atoms with Crippen LogP contribution in [0.5, 0.6) is 0 Å². The van der Waals surface area contributed by atoms with Gasteiger partial charge in [0.2, 0.25) is 0 Å². The van der Waals surface area contributed by atoms with Crippen molar-refractivity contribution in [3.05, 3.63) is 0 Å². The molecule has 17 heavy (non-hydrogen) atoms. The van der Waals surface area contributed by atoms with Crippen LogP contribution >= 0.6 is 0 Å². The first-order valence-corrected chi connectivity index (χ1v) is 6.29. The van der Waals surface area contributed by atoms with Gasteiger partial charge < -0.3 is 19.9 Å². The van der Waals surface area contributed by atoms with Crippen molar-refractivity contribution in [2.45, 2.75) is 52.9 Å². The molecule has 0 saturated carbocycles. The van der Waals surface area contributed by atoms with Gasteiger partial charge in [0, 0.05) is 19.7 Å². The second-order valence-electron chi connectivity index (χ2n) is 5.75. The average molecular weight is 247 g/mol. The van der Waals surface area contributed by atoms with E-state index >= 15 is 0 Å². The number of ether oxygens (including phenoxy) is 2. The lowest BCUT2D eigenvalue weighted by Gasteiger charge is -2.29. The van der Waals surface area contributed by atoms with Gasteiger partial charge >= 0.3 is 0 Å². The lowest BCUT2D eigenvalue weighted by atomic mass is 9.88. The highest BCUT2D eigenvalue weighted by atomic mass is 16.5. The van der Waals surface area contributed by atoms with Gasteiger partial charge in [0.1, 0.15) is 0 Å². The fourth-order valence-electron chi connectivity index (χ4n) is 1.24. The molecule has 4 nitrogen and oxygen atoms in total. The summed E-state index contributed by atoms with van der Waals surface area (Å²) in [4.78, 5) is 0. The highest BCUT2D eigenvalue weighted by molar-refractivity contribution is 4.77. The SMILES string of the molecule is COCC(C)OCC(O)CNC(C)C(C)(C)C. The van der Waals surface area contributed by atoms with Gasteiger partial charge in [-0.2, -0.15) is 0 Å². The van der Waals surface area contributed by atoms with Crippen molar-refractivity contribution in [1.29, 1.82) is 0 Å². The summed E-state index contributed by atoms with van der Waals surface area (Å²) in [6.45, 7) is 12.0. The summed E-state index contributed by atoms with van der Waals surface area (Å²) in [7, 11) is 1.64. The third-order valence-corrected chi connectivity index (χ3v) is 2.93. The van der Waals surface area contributed by atoms with Crippen LogP contribution in [0, 0.1) is 5.41 Å². The Balaban J connectivity index is 3.69. The highest BCUT2D eigenvalue weighted by Crippen LogP contribution is 2.18. The number of aliphatic hydroxyl groups excluding tert-OH is 1. The molecule has 0 aliphatic rings. The van der Waals surface area contributed by atoms with Crippen LogP contribution in [-0.2, 0) is 9.47 Å². The quantitative estimate of drug-likeness (QED) is 0.681. The number of methoxy groups -OCH3 is 1. The van der Waals surface area contributed by atoms with Gasteiger partial charge in [0.05, 0.1) is 25.4 Å². The van der Waals surface area contributed by atoms with E-state index in [-0.39, 0.29) is 11.5 Å². The molecular weight excluding hydrogens is 218 g/mol. The monoisotopic (exact) mass is 247 g/mol. The van der Waals surface area contributed by atoms with Crippen LogP contribution in [0.2, 0.25) is 0 Å². The van der Waals surface area contributed by atoms with Crippen molar-refractivity contribution < 1.29 is 14.6 Å². The molecule has 0 aliphatic heterocycles. The molecule has 0 fully saturated rings. The first-order valence-electron chi connectivity index (χ1n) is 6.29. The van der Waals surface area contributed by atoms with Gasteiger partial charge in [0.15, 0.2) is 0 Å². The number of rotatable bonds is 8. The molecule has 0 saturated heterocycles. The summed E-state index contributed by atoms with van der Waals surface area (Å²) >= 11 is 0. The van der Waals surface area contributed by atoms with E-state index in [4.69, 9.17) is 9.47 Å². The number of nitrogens with one attached hydrogen (secondary N) is 1. The first-order chi connectivity index (χ1) is 7.77. The molecule has 0 rings (SSSR count). The zero-order chi connectivity index (χ0) is 13.5. The van der Waals surface area contributed by atoms with Crippen molar-refractivity contribution in [3.63, 3.8) is 0 Å². The van der Waals surface area contributed by atoms with Crippen molar-refractivity contribution in [2.75, 3.05) is 26.9 Å². The summed E-state index contributed by atoms with van der Waals surface area (Å²) in [6.07, 6.45) is -0.450. The summed E-state index contributed by atoms with van der Waals surface area (Å²) in [5.74, 6) is 0. The van der Waals surface area contributed by atoms with Crippen LogP contribution in [0.15, 0.2) is 0 Å². The van der Waals surface area contributed by atoms with Crippen molar-refractivity contribution in [3.8, 4) is 0 Å². The molecule has 0 amide bonds. The Morgan fingerprint density at radius 1 is 1.18 bits per heavy atom. The molecule has 3 unspecified atom stereocenters. The molecule has 0 aromatic heterocycles. The van der Waals surface area contributed by atoms with Crippen molar-refractivity contribution in [1.82, 2.24) is 5.32 Å². The van der Waals surface area contributed by atoms with Crippen LogP contribution < -0.4 is 5.32 Å². The van der Waals surface area contributed by atoms with Gasteiger partial charge in [-0.15, -0.1) is 0 Å². The molecule has 0 spiro atoms. The van der Waals surface area contributed by atoms with E-state index in [2.05, 4.69) is 33.0 Å². The number of hydrogen-bond donors (Lipinski definition) is 2. The minimum Gasteiger partial charge on any atom is -0.389 e. The molecular formula is C13H29NO3. The lowest BCUT2D eigenvalue weighted by Crippen LogP contribution is -2.42. The van der Waals surface area contributed by atoms with E-state index in [0.717, 1.165) is 0 Å². The molecule has 104 valence electrons. The number of aliphatic hydroxyl groups is 1. The molecule has 2 N–H and O–H groups in total. The summed E-state index contributed by atoms with van der Waals surface area (Å²) < 4.78 is 10.4. The predicted molar refractivity (Wildman–Crippen MR) is 70.2 cm³/mol. The zero-order valence-electron chi connectivity index (χ0n) is 12.1. The van der Waals surface area contributed by atoms with E-state index in [1.54, 1.807) is 7.11 Å².